The number of ether oxygens (including phenoxy) is 1. The van der Waals surface area contributed by atoms with Gasteiger partial charge in [-0.3, -0.25) is 0 Å². The van der Waals surface area contributed by atoms with E-state index in [4.69, 9.17) is 5.26 Å². The molecule has 0 fully saturated rings. The molecule has 0 aromatic heterocycles. The predicted octanol–water partition coefficient (Wildman–Crippen LogP) is 2.91. The van der Waals surface area contributed by atoms with Gasteiger partial charge in [0.2, 0.25) is 0 Å². The predicted molar refractivity (Wildman–Crippen MR) is 70.6 cm³/mol. The van der Waals surface area contributed by atoms with Crippen molar-refractivity contribution in [3.63, 3.8) is 0 Å². The number of alkyl halides is 2. The van der Waals surface area contributed by atoms with Crippen molar-refractivity contribution in [2.45, 2.75) is 25.9 Å². The number of unbranched alkanes of at least 4 members (excludes halogenated alkanes) is 1. The van der Waals surface area contributed by atoms with Crippen LogP contribution in [0.25, 0.3) is 0 Å². The van der Waals surface area contributed by atoms with Crippen molar-refractivity contribution < 1.29 is 13.5 Å². The number of benzene rings is 1. The molecule has 1 atom stereocenters. The summed E-state index contributed by atoms with van der Waals surface area (Å²) in [5.74, 6) is 0.390. The molecule has 1 aromatic rings. The molecule has 6 heteroatoms. The Morgan fingerprint density at radius 1 is 1.40 bits per heavy atom. The summed E-state index contributed by atoms with van der Waals surface area (Å²) in [5, 5.41) is 12.8. The highest BCUT2D eigenvalue weighted by atomic mass is 19.3. The van der Waals surface area contributed by atoms with Gasteiger partial charge in [0.25, 0.3) is 0 Å². The Morgan fingerprint density at radius 2 is 2.15 bits per heavy atom. The Labute approximate surface area is 116 Å². The van der Waals surface area contributed by atoms with E-state index in [9.17, 15) is 8.78 Å². The molecule has 0 saturated heterocycles. The van der Waals surface area contributed by atoms with Crippen LogP contribution in [-0.4, -0.2) is 18.9 Å². The van der Waals surface area contributed by atoms with E-state index in [0.29, 0.717) is 6.42 Å². The number of nitrogens with zero attached hydrogens (tertiary/aromatic N) is 2. The SMILES string of the molecule is N#CCCCC1CNN=C1c1ccc(OC(F)F)cc1. The number of hydrazone groups is 1. The maximum atomic E-state index is 12.1. The maximum absolute atomic E-state index is 12.1. The van der Waals surface area contributed by atoms with Crippen LogP contribution in [0.2, 0.25) is 0 Å². The maximum Gasteiger partial charge on any atom is 0.387 e. The standard InChI is InChI=1S/C14H15F2N3O/c15-14(16)20-12-6-4-10(5-7-12)13-11(9-18-19-13)3-1-2-8-17/h4-7,11,14,18H,1-3,9H2. The van der Waals surface area contributed by atoms with E-state index in [1.165, 1.54) is 12.1 Å². The van der Waals surface area contributed by atoms with E-state index in [1.54, 1.807) is 12.1 Å². The number of rotatable bonds is 6. The van der Waals surface area contributed by atoms with Gasteiger partial charge in [0, 0.05) is 18.9 Å². The molecule has 1 heterocycles. The topological polar surface area (TPSA) is 57.4 Å². The van der Waals surface area contributed by atoms with Gasteiger partial charge in [0.15, 0.2) is 0 Å². The fraction of sp³-hybridized carbons (Fsp3) is 0.429. The van der Waals surface area contributed by atoms with Crippen LogP contribution >= 0.6 is 0 Å². The summed E-state index contributed by atoms with van der Waals surface area (Å²) in [6.45, 7) is -2.07. The Balaban J connectivity index is 2.01. The first-order valence-electron chi connectivity index (χ1n) is 6.43. The van der Waals surface area contributed by atoms with Crippen LogP contribution < -0.4 is 10.2 Å². The third kappa shape index (κ3) is 3.67. The summed E-state index contributed by atoms with van der Waals surface area (Å²) in [4.78, 5) is 0. The van der Waals surface area contributed by atoms with Gasteiger partial charge in [-0.15, -0.1) is 0 Å². The first-order valence-corrected chi connectivity index (χ1v) is 6.43. The molecular formula is C14H15F2N3O. The highest BCUT2D eigenvalue weighted by Crippen LogP contribution is 2.22. The van der Waals surface area contributed by atoms with Gasteiger partial charge in [-0.1, -0.05) is 0 Å². The number of hydrogen-bond acceptors (Lipinski definition) is 4. The molecule has 1 aliphatic heterocycles. The van der Waals surface area contributed by atoms with Crippen molar-refractivity contribution in [3.05, 3.63) is 29.8 Å². The molecule has 1 unspecified atom stereocenters. The lowest BCUT2D eigenvalue weighted by molar-refractivity contribution is -0.0498. The molecule has 106 valence electrons. The molecule has 0 amide bonds. The minimum absolute atomic E-state index is 0.135. The molecule has 0 saturated carbocycles. The molecule has 0 aliphatic carbocycles. The molecular weight excluding hydrogens is 264 g/mol. The first-order chi connectivity index (χ1) is 9.70. The van der Waals surface area contributed by atoms with Gasteiger partial charge < -0.3 is 10.2 Å². The van der Waals surface area contributed by atoms with Crippen molar-refractivity contribution in [3.8, 4) is 11.8 Å². The van der Waals surface area contributed by atoms with Crippen LogP contribution in [0.5, 0.6) is 5.75 Å². The largest absolute Gasteiger partial charge is 0.435 e. The summed E-state index contributed by atoms with van der Waals surface area (Å²) in [7, 11) is 0. The highest BCUT2D eigenvalue weighted by molar-refractivity contribution is 6.03. The minimum Gasteiger partial charge on any atom is -0.435 e. The van der Waals surface area contributed by atoms with Gasteiger partial charge in [0.05, 0.1) is 11.8 Å². The third-order valence-electron chi connectivity index (χ3n) is 3.14. The van der Waals surface area contributed by atoms with Crippen molar-refractivity contribution >= 4 is 5.71 Å². The summed E-state index contributed by atoms with van der Waals surface area (Å²) >= 11 is 0. The lowest BCUT2D eigenvalue weighted by Crippen LogP contribution is -2.16. The Kier molecular flexibility index (Phi) is 4.88. The zero-order valence-electron chi connectivity index (χ0n) is 10.9. The lowest BCUT2D eigenvalue weighted by atomic mass is 9.93. The molecule has 20 heavy (non-hydrogen) atoms. The Bertz CT molecular complexity index is 508. The minimum atomic E-state index is -2.81. The zero-order chi connectivity index (χ0) is 14.4. The normalized spacial score (nSPS) is 17.5. The van der Waals surface area contributed by atoms with Gasteiger partial charge in [-0.2, -0.15) is 19.1 Å². The van der Waals surface area contributed by atoms with Crippen LogP contribution in [0.1, 0.15) is 24.8 Å². The Morgan fingerprint density at radius 3 is 2.80 bits per heavy atom. The number of nitrogens with one attached hydrogen (secondary N) is 1. The first kappa shape index (κ1) is 14.3. The monoisotopic (exact) mass is 279 g/mol. The zero-order valence-corrected chi connectivity index (χ0v) is 10.9. The number of halogens is 2. The summed E-state index contributed by atoms with van der Waals surface area (Å²) < 4.78 is 28.5. The molecule has 1 aliphatic rings. The van der Waals surface area contributed by atoms with Crippen LogP contribution in [-0.2, 0) is 0 Å². The molecule has 0 radical (unpaired) electrons. The molecule has 0 bridgehead atoms. The fourth-order valence-corrected chi connectivity index (χ4v) is 2.20. The lowest BCUT2D eigenvalue weighted by Gasteiger charge is -2.11. The van der Waals surface area contributed by atoms with Crippen LogP contribution in [0.4, 0.5) is 8.78 Å². The number of hydrogen-bond donors (Lipinski definition) is 1. The quantitative estimate of drug-likeness (QED) is 0.814. The van der Waals surface area contributed by atoms with Crippen LogP contribution in [0, 0.1) is 17.2 Å². The summed E-state index contributed by atoms with van der Waals surface area (Å²) in [6.07, 6.45) is 2.24. The average molecular weight is 279 g/mol. The second-order valence-corrected chi connectivity index (χ2v) is 4.51. The smallest absolute Gasteiger partial charge is 0.387 e. The third-order valence-corrected chi connectivity index (χ3v) is 3.14. The highest BCUT2D eigenvalue weighted by Gasteiger charge is 2.22. The van der Waals surface area contributed by atoms with E-state index < -0.39 is 6.61 Å². The van der Waals surface area contributed by atoms with Gasteiger partial charge in [-0.25, -0.2) is 0 Å². The van der Waals surface area contributed by atoms with Crippen molar-refractivity contribution in [2.75, 3.05) is 6.54 Å². The van der Waals surface area contributed by atoms with Gasteiger partial charge in [-0.05, 0) is 42.7 Å². The summed E-state index contributed by atoms with van der Waals surface area (Å²) in [6, 6.07) is 8.59. The van der Waals surface area contributed by atoms with Gasteiger partial charge >= 0.3 is 6.61 Å². The van der Waals surface area contributed by atoms with E-state index in [0.717, 1.165) is 30.7 Å². The molecule has 1 aromatic carbocycles. The van der Waals surface area contributed by atoms with Crippen molar-refractivity contribution in [2.24, 2.45) is 11.0 Å². The van der Waals surface area contributed by atoms with Crippen molar-refractivity contribution in [1.29, 1.82) is 5.26 Å². The average Bonchev–Trinajstić information content (AvgIpc) is 2.88. The van der Waals surface area contributed by atoms with E-state index in [-0.39, 0.29) is 11.7 Å². The second kappa shape index (κ2) is 6.85. The summed E-state index contributed by atoms with van der Waals surface area (Å²) in [5.41, 5.74) is 4.74. The molecule has 0 spiro atoms. The molecule has 1 N–H and O–H groups in total. The fourth-order valence-electron chi connectivity index (χ4n) is 2.20. The van der Waals surface area contributed by atoms with E-state index >= 15 is 0 Å². The van der Waals surface area contributed by atoms with Crippen LogP contribution in [0.3, 0.4) is 0 Å². The van der Waals surface area contributed by atoms with Crippen molar-refractivity contribution in [1.82, 2.24) is 5.43 Å². The molecule has 4 nitrogen and oxygen atoms in total. The van der Waals surface area contributed by atoms with E-state index in [1.807, 2.05) is 0 Å². The second-order valence-electron chi connectivity index (χ2n) is 4.51. The van der Waals surface area contributed by atoms with E-state index in [2.05, 4.69) is 21.3 Å². The number of nitriles is 1. The van der Waals surface area contributed by atoms with Gasteiger partial charge in [0.1, 0.15) is 5.75 Å². The Hall–Kier alpha value is -2.16. The molecule has 2 rings (SSSR count). The van der Waals surface area contributed by atoms with Crippen LogP contribution in [0.15, 0.2) is 29.4 Å².